The summed E-state index contributed by atoms with van der Waals surface area (Å²) in [4.78, 5) is 0. The number of rotatable bonds is 3. The van der Waals surface area contributed by atoms with Crippen molar-refractivity contribution in [2.75, 3.05) is 13.7 Å². The lowest BCUT2D eigenvalue weighted by Crippen LogP contribution is -2.21. The number of allylic oxidation sites excluding steroid dienone is 2. The Morgan fingerprint density at radius 3 is 3.23 bits per heavy atom. The molecular formula is C10H14O3. The average Bonchev–Trinajstić information content (AvgIpc) is 2.73. The van der Waals surface area contributed by atoms with Crippen molar-refractivity contribution in [1.29, 1.82) is 0 Å². The van der Waals surface area contributed by atoms with Gasteiger partial charge < -0.3 is 14.6 Å². The summed E-state index contributed by atoms with van der Waals surface area (Å²) >= 11 is 0. The van der Waals surface area contributed by atoms with E-state index in [4.69, 9.17) is 14.6 Å². The standard InChI is InChI=1S/C10H14O3/c1-12-5-4-7-8(6-11)10-3-2-9(7)13-10/h4-5,8,10-11H,2-3,6H2,1H3. The summed E-state index contributed by atoms with van der Waals surface area (Å²) in [6.07, 6.45) is 5.79. The maximum Gasteiger partial charge on any atom is 0.108 e. The van der Waals surface area contributed by atoms with Crippen LogP contribution in [0.4, 0.5) is 0 Å². The Morgan fingerprint density at radius 1 is 1.69 bits per heavy atom. The molecule has 72 valence electrons. The smallest absolute Gasteiger partial charge is 0.108 e. The minimum Gasteiger partial charge on any atom is -0.504 e. The first-order valence-electron chi connectivity index (χ1n) is 4.56. The number of fused-ring (bicyclic) bond motifs is 2. The third-order valence-electron chi connectivity index (χ3n) is 2.70. The Labute approximate surface area is 77.7 Å². The van der Waals surface area contributed by atoms with Gasteiger partial charge in [-0.3, -0.25) is 0 Å². The molecule has 2 atom stereocenters. The second kappa shape index (κ2) is 3.42. The van der Waals surface area contributed by atoms with Crippen molar-refractivity contribution in [2.45, 2.75) is 18.9 Å². The Morgan fingerprint density at radius 2 is 2.54 bits per heavy atom. The van der Waals surface area contributed by atoms with Crippen LogP contribution in [0.3, 0.4) is 0 Å². The summed E-state index contributed by atoms with van der Waals surface area (Å²) in [5, 5.41) is 9.17. The van der Waals surface area contributed by atoms with Gasteiger partial charge in [0.15, 0.2) is 0 Å². The van der Waals surface area contributed by atoms with E-state index < -0.39 is 0 Å². The Hall–Kier alpha value is -0.960. The highest BCUT2D eigenvalue weighted by atomic mass is 16.5. The van der Waals surface area contributed by atoms with E-state index in [1.165, 1.54) is 0 Å². The molecule has 0 aromatic rings. The van der Waals surface area contributed by atoms with Crippen molar-refractivity contribution in [3.05, 3.63) is 23.7 Å². The van der Waals surface area contributed by atoms with E-state index in [1.807, 2.05) is 6.08 Å². The minimum absolute atomic E-state index is 0.162. The van der Waals surface area contributed by atoms with Crippen LogP contribution in [0.2, 0.25) is 0 Å². The number of methoxy groups -OCH3 is 1. The first-order valence-corrected chi connectivity index (χ1v) is 4.56. The zero-order chi connectivity index (χ0) is 9.26. The Kier molecular flexibility index (Phi) is 2.27. The molecule has 2 bridgehead atoms. The summed E-state index contributed by atoms with van der Waals surface area (Å²) in [5.41, 5.74) is 1.11. The van der Waals surface area contributed by atoms with Gasteiger partial charge >= 0.3 is 0 Å². The minimum atomic E-state index is 0.162. The third-order valence-corrected chi connectivity index (χ3v) is 2.70. The molecule has 1 N–H and O–H groups in total. The molecule has 2 aliphatic rings. The van der Waals surface area contributed by atoms with E-state index >= 15 is 0 Å². The highest BCUT2D eigenvalue weighted by Gasteiger charge is 2.39. The summed E-state index contributed by atoms with van der Waals surface area (Å²) in [7, 11) is 1.61. The molecule has 0 aromatic heterocycles. The zero-order valence-electron chi connectivity index (χ0n) is 7.69. The maximum absolute atomic E-state index is 9.17. The van der Waals surface area contributed by atoms with Gasteiger partial charge in [-0.25, -0.2) is 0 Å². The van der Waals surface area contributed by atoms with Gasteiger partial charge in [-0.15, -0.1) is 0 Å². The van der Waals surface area contributed by atoms with Crippen LogP contribution in [-0.4, -0.2) is 24.9 Å². The van der Waals surface area contributed by atoms with Crippen LogP contribution >= 0.6 is 0 Å². The lowest BCUT2D eigenvalue weighted by atomic mass is 9.88. The van der Waals surface area contributed by atoms with E-state index in [0.29, 0.717) is 0 Å². The molecule has 2 heterocycles. The van der Waals surface area contributed by atoms with Crippen LogP contribution in [0.1, 0.15) is 12.8 Å². The lowest BCUT2D eigenvalue weighted by Gasteiger charge is -2.15. The molecule has 0 spiro atoms. The maximum atomic E-state index is 9.17. The lowest BCUT2D eigenvalue weighted by molar-refractivity contribution is 0.115. The quantitative estimate of drug-likeness (QED) is 0.666. The van der Waals surface area contributed by atoms with Crippen LogP contribution in [0.5, 0.6) is 0 Å². The molecule has 1 saturated heterocycles. The van der Waals surface area contributed by atoms with Crippen LogP contribution in [-0.2, 0) is 9.47 Å². The largest absolute Gasteiger partial charge is 0.504 e. The number of aliphatic hydroxyl groups excluding tert-OH is 1. The molecule has 0 amide bonds. The van der Waals surface area contributed by atoms with Crippen molar-refractivity contribution in [2.24, 2.45) is 5.92 Å². The van der Waals surface area contributed by atoms with Crippen LogP contribution in [0.25, 0.3) is 0 Å². The third kappa shape index (κ3) is 1.33. The van der Waals surface area contributed by atoms with Crippen molar-refractivity contribution >= 4 is 0 Å². The molecule has 0 aliphatic carbocycles. The van der Waals surface area contributed by atoms with E-state index in [9.17, 15) is 0 Å². The van der Waals surface area contributed by atoms with E-state index in [0.717, 1.165) is 24.2 Å². The van der Waals surface area contributed by atoms with Crippen molar-refractivity contribution in [3.8, 4) is 0 Å². The average molecular weight is 182 g/mol. The highest BCUT2D eigenvalue weighted by molar-refractivity contribution is 5.32. The molecule has 3 heteroatoms. The number of aliphatic hydroxyl groups is 1. The molecule has 0 aromatic carbocycles. The van der Waals surface area contributed by atoms with E-state index in [1.54, 1.807) is 13.4 Å². The van der Waals surface area contributed by atoms with Crippen LogP contribution < -0.4 is 0 Å². The van der Waals surface area contributed by atoms with Gasteiger partial charge in [0.2, 0.25) is 0 Å². The monoisotopic (exact) mass is 182 g/mol. The summed E-state index contributed by atoms with van der Waals surface area (Å²) in [6, 6.07) is 0. The fraction of sp³-hybridized carbons (Fsp3) is 0.600. The Bertz CT molecular complexity index is 255. The fourth-order valence-corrected chi connectivity index (χ4v) is 2.05. The first-order chi connectivity index (χ1) is 6.36. The van der Waals surface area contributed by atoms with Crippen molar-refractivity contribution in [1.82, 2.24) is 0 Å². The molecule has 0 radical (unpaired) electrons. The topological polar surface area (TPSA) is 38.7 Å². The second-order valence-electron chi connectivity index (χ2n) is 3.40. The summed E-state index contributed by atoms with van der Waals surface area (Å²) in [5.74, 6) is 1.20. The van der Waals surface area contributed by atoms with Crippen LogP contribution in [0, 0.1) is 5.92 Å². The number of hydrogen-bond acceptors (Lipinski definition) is 3. The molecule has 2 aliphatic heterocycles. The van der Waals surface area contributed by atoms with E-state index in [2.05, 4.69) is 0 Å². The van der Waals surface area contributed by atoms with Gasteiger partial charge in [-0.1, -0.05) is 0 Å². The van der Waals surface area contributed by atoms with Gasteiger partial charge in [0, 0.05) is 17.9 Å². The molecular weight excluding hydrogens is 168 g/mol. The predicted octanol–water partition coefficient (Wildman–Crippen LogP) is 1.20. The SMILES string of the molecule is COC=CC1=C2CCC(O2)C1CO. The van der Waals surface area contributed by atoms with Gasteiger partial charge in [0.05, 0.1) is 20.0 Å². The summed E-state index contributed by atoms with van der Waals surface area (Å²) in [6.45, 7) is 0.164. The van der Waals surface area contributed by atoms with Crippen molar-refractivity contribution in [3.63, 3.8) is 0 Å². The van der Waals surface area contributed by atoms with E-state index in [-0.39, 0.29) is 18.6 Å². The molecule has 0 saturated carbocycles. The molecule has 3 nitrogen and oxygen atoms in total. The van der Waals surface area contributed by atoms with Crippen molar-refractivity contribution < 1.29 is 14.6 Å². The highest BCUT2D eigenvalue weighted by Crippen LogP contribution is 2.42. The summed E-state index contributed by atoms with van der Waals surface area (Å²) < 4.78 is 10.5. The second-order valence-corrected chi connectivity index (χ2v) is 3.40. The molecule has 1 fully saturated rings. The normalized spacial score (nSPS) is 31.5. The fourth-order valence-electron chi connectivity index (χ4n) is 2.05. The van der Waals surface area contributed by atoms with Gasteiger partial charge in [-0.05, 0) is 12.5 Å². The molecule has 2 unspecified atom stereocenters. The van der Waals surface area contributed by atoms with Gasteiger partial charge in [0.25, 0.3) is 0 Å². The zero-order valence-corrected chi connectivity index (χ0v) is 7.69. The predicted molar refractivity (Wildman–Crippen MR) is 47.9 cm³/mol. The number of ether oxygens (including phenoxy) is 2. The Balaban J connectivity index is 2.18. The molecule has 2 rings (SSSR count). The number of hydrogen-bond donors (Lipinski definition) is 1. The van der Waals surface area contributed by atoms with Crippen LogP contribution in [0.15, 0.2) is 23.7 Å². The first kappa shape index (κ1) is 8.63. The van der Waals surface area contributed by atoms with Gasteiger partial charge in [-0.2, -0.15) is 0 Å². The molecule has 13 heavy (non-hydrogen) atoms. The van der Waals surface area contributed by atoms with Gasteiger partial charge in [0.1, 0.15) is 11.9 Å².